The molecule has 1 unspecified atom stereocenters. The highest BCUT2D eigenvalue weighted by Gasteiger charge is 2.28. The summed E-state index contributed by atoms with van der Waals surface area (Å²) < 4.78 is 5.96. The minimum atomic E-state index is -0.906. The van der Waals surface area contributed by atoms with E-state index in [1.807, 2.05) is 48.7 Å². The fourth-order valence-corrected chi connectivity index (χ4v) is 5.01. The van der Waals surface area contributed by atoms with Gasteiger partial charge in [0.05, 0.1) is 36.7 Å². The Kier molecular flexibility index (Phi) is 6.45. The van der Waals surface area contributed by atoms with Crippen LogP contribution < -0.4 is 14.5 Å². The summed E-state index contributed by atoms with van der Waals surface area (Å²) in [4.78, 5) is 17.6. The number of hydrogen-bond acceptors (Lipinski definition) is 6. The second-order valence-corrected chi connectivity index (χ2v) is 9.99. The Morgan fingerprint density at radius 1 is 1.03 bits per heavy atom. The van der Waals surface area contributed by atoms with Gasteiger partial charge in [0.1, 0.15) is 5.82 Å². The van der Waals surface area contributed by atoms with Crippen LogP contribution in [0.1, 0.15) is 26.3 Å². The number of anilines is 2. The third-order valence-electron chi connectivity index (χ3n) is 7.06. The van der Waals surface area contributed by atoms with Gasteiger partial charge in [-0.15, -0.1) is 0 Å². The molecule has 1 saturated heterocycles. The average molecular weight is 494 g/mol. The van der Waals surface area contributed by atoms with Gasteiger partial charge in [-0.3, -0.25) is 4.98 Å². The first-order chi connectivity index (χ1) is 17.8. The van der Waals surface area contributed by atoms with Gasteiger partial charge in [-0.05, 0) is 38.5 Å². The van der Waals surface area contributed by atoms with Crippen molar-refractivity contribution in [2.75, 3.05) is 36.5 Å². The second kappa shape index (κ2) is 9.72. The lowest BCUT2D eigenvalue weighted by atomic mass is 10.0. The van der Waals surface area contributed by atoms with E-state index in [1.54, 1.807) is 27.2 Å². The lowest BCUT2D eigenvalue weighted by Crippen LogP contribution is -2.52. The summed E-state index contributed by atoms with van der Waals surface area (Å²) in [5.41, 5.74) is 4.40. The van der Waals surface area contributed by atoms with Crippen molar-refractivity contribution < 1.29 is 9.84 Å². The Labute approximate surface area is 217 Å². The lowest BCUT2D eigenvalue weighted by molar-refractivity contribution is 0.0782. The molecule has 7 nitrogen and oxygen atoms in total. The van der Waals surface area contributed by atoms with E-state index in [1.165, 1.54) is 0 Å². The van der Waals surface area contributed by atoms with Crippen molar-refractivity contribution >= 4 is 28.1 Å². The zero-order valence-electron chi connectivity index (χ0n) is 21.6. The Morgan fingerprint density at radius 3 is 2.43 bits per heavy atom. The van der Waals surface area contributed by atoms with Crippen LogP contribution in [0.3, 0.4) is 0 Å². The molecule has 2 aromatic heterocycles. The third kappa shape index (κ3) is 4.68. The Morgan fingerprint density at radius 2 is 1.81 bits per heavy atom. The Hall–Kier alpha value is -4.15. The molecule has 2 aromatic carbocycles. The van der Waals surface area contributed by atoms with Crippen LogP contribution in [0.2, 0.25) is 0 Å². The maximum absolute atomic E-state index is 10.2. The van der Waals surface area contributed by atoms with E-state index in [-0.39, 0.29) is 6.04 Å². The molecule has 1 aliphatic rings. The molecule has 1 N–H and O–H groups in total. The predicted octanol–water partition coefficient (Wildman–Crippen LogP) is 5.80. The van der Waals surface area contributed by atoms with Crippen molar-refractivity contribution in [2.24, 2.45) is 0 Å². The van der Waals surface area contributed by atoms with Crippen LogP contribution in [0.4, 0.5) is 17.2 Å². The van der Waals surface area contributed by atoms with Gasteiger partial charge in [-0.2, -0.15) is 0 Å². The summed E-state index contributed by atoms with van der Waals surface area (Å²) in [7, 11) is 1.71. The number of ether oxygens (including phenoxy) is 1. The van der Waals surface area contributed by atoms with Gasteiger partial charge in [0.15, 0.2) is 11.4 Å². The van der Waals surface area contributed by atoms with E-state index >= 15 is 0 Å². The lowest BCUT2D eigenvalue weighted by Gasteiger charge is -2.42. The molecule has 5 rings (SSSR count). The minimum Gasteiger partial charge on any atom is -0.494 e. The Balaban J connectivity index is 1.42. The molecule has 0 radical (unpaired) electrons. The van der Waals surface area contributed by atoms with Crippen LogP contribution in [0.25, 0.3) is 26.9 Å². The Bertz CT molecular complexity index is 1450. The number of hydrogen-bond donors (Lipinski definition) is 1. The number of piperazine rings is 1. The van der Waals surface area contributed by atoms with Gasteiger partial charge in [-0.1, -0.05) is 42.5 Å². The zero-order chi connectivity index (χ0) is 26.2. The van der Waals surface area contributed by atoms with E-state index in [9.17, 15) is 5.11 Å². The molecule has 0 amide bonds. The van der Waals surface area contributed by atoms with E-state index in [4.69, 9.17) is 16.3 Å². The van der Waals surface area contributed by atoms with Gasteiger partial charge in [0.2, 0.25) is 0 Å². The fraction of sp³-hybridized carbons (Fsp3) is 0.300. The normalized spacial score (nSPS) is 16.1. The van der Waals surface area contributed by atoms with Crippen LogP contribution in [-0.2, 0) is 5.60 Å². The topological polar surface area (TPSA) is 66.1 Å². The maximum atomic E-state index is 10.2. The summed E-state index contributed by atoms with van der Waals surface area (Å²) in [5, 5.41) is 11.2. The average Bonchev–Trinajstić information content (AvgIpc) is 2.91. The molecular formula is C30H31N5O2. The largest absolute Gasteiger partial charge is 0.494 e. The number of nitrogens with zero attached hydrogens (tertiary/aromatic N) is 5. The maximum Gasteiger partial charge on any atom is 0.187 e. The molecule has 0 aliphatic carbocycles. The highest BCUT2D eigenvalue weighted by atomic mass is 16.5. The van der Waals surface area contributed by atoms with Crippen LogP contribution in [0.15, 0.2) is 67.0 Å². The first-order valence-electron chi connectivity index (χ1n) is 12.4. The zero-order valence-corrected chi connectivity index (χ0v) is 21.6. The molecule has 3 heterocycles. The third-order valence-corrected chi connectivity index (χ3v) is 7.06. The molecule has 1 aliphatic heterocycles. The number of aliphatic hydroxyl groups is 1. The van der Waals surface area contributed by atoms with Gasteiger partial charge in [0, 0.05) is 48.4 Å². The van der Waals surface area contributed by atoms with Crippen LogP contribution in [0.5, 0.6) is 5.75 Å². The highest BCUT2D eigenvalue weighted by Crippen LogP contribution is 2.39. The first-order valence-corrected chi connectivity index (χ1v) is 12.4. The van der Waals surface area contributed by atoms with Crippen molar-refractivity contribution in [1.29, 1.82) is 0 Å². The summed E-state index contributed by atoms with van der Waals surface area (Å²) in [6.07, 6.45) is 3.68. The van der Waals surface area contributed by atoms with Crippen LogP contribution >= 0.6 is 0 Å². The first kappa shape index (κ1) is 24.5. The van der Waals surface area contributed by atoms with Crippen molar-refractivity contribution in [3.05, 3.63) is 84.0 Å². The molecule has 0 bridgehead atoms. The monoisotopic (exact) mass is 493 g/mol. The molecule has 7 heteroatoms. The number of para-hydroxylation sites is 1. The molecule has 0 saturated carbocycles. The molecule has 4 aromatic rings. The van der Waals surface area contributed by atoms with Crippen molar-refractivity contribution in [1.82, 2.24) is 9.97 Å². The summed E-state index contributed by atoms with van der Waals surface area (Å²) in [5.74, 6) is 1.73. The fourth-order valence-electron chi connectivity index (χ4n) is 5.01. The quantitative estimate of drug-likeness (QED) is 0.355. The SMILES string of the molecule is [C-]#[N+]c1ccc(-c2cccc3c(OC)c(N4CCN(c5ccc(C(C)(C)O)cn5)C(C)C4)cnc23)cc1. The van der Waals surface area contributed by atoms with Gasteiger partial charge in [-0.25, -0.2) is 9.83 Å². The summed E-state index contributed by atoms with van der Waals surface area (Å²) in [6, 6.07) is 17.9. The standard InChI is InChI=1S/C30H31N5O2/c1-20-19-34(15-16-35(20)27-14-11-22(17-32-27)30(2,3)36)26-18-33-28-24(7-6-8-25(28)29(26)37-5)21-9-12-23(31-4)13-10-21/h6-14,17-18,20,36H,15-16,19H2,1-3,5H3. The van der Waals surface area contributed by atoms with E-state index < -0.39 is 5.60 Å². The van der Waals surface area contributed by atoms with Gasteiger partial charge >= 0.3 is 0 Å². The molecule has 1 fully saturated rings. The minimum absolute atomic E-state index is 0.224. The highest BCUT2D eigenvalue weighted by molar-refractivity contribution is 5.99. The van der Waals surface area contributed by atoms with Crippen LogP contribution in [-0.4, -0.2) is 47.9 Å². The number of rotatable bonds is 5. The number of benzene rings is 2. The van der Waals surface area contributed by atoms with Crippen molar-refractivity contribution in [2.45, 2.75) is 32.4 Å². The number of pyridine rings is 2. The van der Waals surface area contributed by atoms with Gasteiger partial charge < -0.3 is 19.6 Å². The molecule has 188 valence electrons. The molecule has 1 atom stereocenters. The van der Waals surface area contributed by atoms with E-state index in [2.05, 4.69) is 38.7 Å². The smallest absolute Gasteiger partial charge is 0.187 e. The van der Waals surface area contributed by atoms with E-state index in [0.717, 1.165) is 64.5 Å². The van der Waals surface area contributed by atoms with E-state index in [0.29, 0.717) is 5.69 Å². The molecule has 0 spiro atoms. The van der Waals surface area contributed by atoms with Gasteiger partial charge in [0.25, 0.3) is 0 Å². The second-order valence-electron chi connectivity index (χ2n) is 9.99. The number of aromatic nitrogens is 2. The summed E-state index contributed by atoms with van der Waals surface area (Å²) in [6.45, 7) is 15.4. The molecule has 37 heavy (non-hydrogen) atoms. The predicted molar refractivity (Wildman–Crippen MR) is 148 cm³/mol. The number of fused-ring (bicyclic) bond motifs is 1. The van der Waals surface area contributed by atoms with Crippen molar-refractivity contribution in [3.63, 3.8) is 0 Å². The number of methoxy groups -OCH3 is 1. The summed E-state index contributed by atoms with van der Waals surface area (Å²) >= 11 is 0. The van der Waals surface area contributed by atoms with Crippen molar-refractivity contribution in [3.8, 4) is 16.9 Å². The molecular weight excluding hydrogens is 462 g/mol. The van der Waals surface area contributed by atoms with Crippen LogP contribution in [0, 0.1) is 6.57 Å².